The molecule has 3 rings (SSSR count). The number of hydrogen-bond donors (Lipinski definition) is 2. The number of hydrogen-bond acceptors (Lipinski definition) is 3. The molecule has 0 spiro atoms. The summed E-state index contributed by atoms with van der Waals surface area (Å²) in [4.78, 5) is 25.9. The maximum atomic E-state index is 14.2. The normalized spacial score (nSPS) is 13.1. The fourth-order valence-corrected chi connectivity index (χ4v) is 3.27. The van der Waals surface area contributed by atoms with Gasteiger partial charge in [0.15, 0.2) is 0 Å². The van der Waals surface area contributed by atoms with Crippen LogP contribution in [0.15, 0.2) is 36.4 Å². The Balaban J connectivity index is 1.71. The maximum Gasteiger partial charge on any atom is 0.251 e. The van der Waals surface area contributed by atoms with Crippen LogP contribution < -0.4 is 15.5 Å². The van der Waals surface area contributed by atoms with Gasteiger partial charge in [0.1, 0.15) is 11.6 Å². The van der Waals surface area contributed by atoms with Crippen LogP contribution in [-0.4, -0.2) is 31.4 Å². The van der Waals surface area contributed by atoms with Crippen LogP contribution in [0, 0.1) is 11.6 Å². The summed E-state index contributed by atoms with van der Waals surface area (Å²) in [6.45, 7) is 2.80. The lowest BCUT2D eigenvalue weighted by Crippen LogP contribution is -2.37. The van der Waals surface area contributed by atoms with Crippen molar-refractivity contribution >= 4 is 23.2 Å². The quantitative estimate of drug-likeness (QED) is 0.847. The Morgan fingerprint density at radius 3 is 2.78 bits per heavy atom. The van der Waals surface area contributed by atoms with Crippen LogP contribution in [0.4, 0.5) is 20.2 Å². The molecule has 5 nitrogen and oxygen atoms in total. The minimum absolute atomic E-state index is 0.0546. The highest BCUT2D eigenvalue weighted by Gasteiger charge is 2.23. The van der Waals surface area contributed by atoms with Gasteiger partial charge in [-0.25, -0.2) is 8.78 Å². The van der Waals surface area contributed by atoms with Gasteiger partial charge >= 0.3 is 0 Å². The van der Waals surface area contributed by atoms with Crippen LogP contribution in [0.2, 0.25) is 0 Å². The standard InChI is InChI=1S/C20H21F2N3O2/c1-2-23-20(27)14-5-3-7-16(10-14)24-18(26)12-25-8-4-6-13-9-15(21)11-17(22)19(13)25/h3,5,7,9-11H,2,4,6,8,12H2,1H3,(H,23,27)(H,24,26). The Morgan fingerprint density at radius 1 is 1.19 bits per heavy atom. The molecule has 1 aliphatic heterocycles. The lowest BCUT2D eigenvalue weighted by molar-refractivity contribution is -0.115. The van der Waals surface area contributed by atoms with Crippen molar-refractivity contribution in [2.24, 2.45) is 0 Å². The first-order valence-electron chi connectivity index (χ1n) is 8.89. The predicted molar refractivity (Wildman–Crippen MR) is 100.0 cm³/mol. The molecule has 0 saturated heterocycles. The third-order valence-electron chi connectivity index (χ3n) is 4.38. The molecule has 0 aromatic heterocycles. The van der Waals surface area contributed by atoms with Crippen LogP contribution in [-0.2, 0) is 11.2 Å². The van der Waals surface area contributed by atoms with E-state index in [9.17, 15) is 18.4 Å². The number of aryl methyl sites for hydroxylation is 1. The van der Waals surface area contributed by atoms with Gasteiger partial charge in [0.05, 0.1) is 12.2 Å². The van der Waals surface area contributed by atoms with Gasteiger partial charge in [-0.05, 0) is 49.6 Å². The SMILES string of the molecule is CCNC(=O)c1cccc(NC(=O)CN2CCCc3cc(F)cc(F)c32)c1. The summed E-state index contributed by atoms with van der Waals surface area (Å²) in [5, 5.41) is 5.43. The number of carbonyl (C=O) groups excluding carboxylic acids is 2. The summed E-state index contributed by atoms with van der Waals surface area (Å²) in [6.07, 6.45) is 1.30. The van der Waals surface area contributed by atoms with Crippen molar-refractivity contribution in [2.75, 3.05) is 29.9 Å². The Kier molecular flexibility index (Phi) is 5.69. The zero-order chi connectivity index (χ0) is 19.4. The number of nitrogens with zero attached hydrogens (tertiary/aromatic N) is 1. The average molecular weight is 373 g/mol. The molecule has 0 unspecified atom stereocenters. The molecule has 2 amide bonds. The van der Waals surface area contributed by atoms with E-state index in [0.29, 0.717) is 36.3 Å². The molecule has 0 atom stereocenters. The van der Waals surface area contributed by atoms with Gasteiger partial charge < -0.3 is 15.5 Å². The Morgan fingerprint density at radius 2 is 2.00 bits per heavy atom. The predicted octanol–water partition coefficient (Wildman–Crippen LogP) is 3.11. The number of halogens is 2. The van der Waals surface area contributed by atoms with Crippen molar-refractivity contribution in [1.82, 2.24) is 5.32 Å². The van der Waals surface area contributed by atoms with Crippen LogP contribution in [0.25, 0.3) is 0 Å². The fraction of sp³-hybridized carbons (Fsp3) is 0.300. The topological polar surface area (TPSA) is 61.4 Å². The number of amides is 2. The van der Waals surface area contributed by atoms with Gasteiger partial charge in [0, 0.05) is 30.4 Å². The molecule has 0 bridgehead atoms. The summed E-state index contributed by atoms with van der Waals surface area (Å²) < 4.78 is 27.6. The molecule has 2 aromatic carbocycles. The third kappa shape index (κ3) is 4.42. The summed E-state index contributed by atoms with van der Waals surface area (Å²) >= 11 is 0. The molecule has 0 fully saturated rings. The van der Waals surface area contributed by atoms with Crippen molar-refractivity contribution < 1.29 is 18.4 Å². The van der Waals surface area contributed by atoms with Gasteiger partial charge in [-0.15, -0.1) is 0 Å². The van der Waals surface area contributed by atoms with Gasteiger partial charge in [-0.1, -0.05) is 6.07 Å². The molecular formula is C20H21F2N3O2. The summed E-state index contributed by atoms with van der Waals surface area (Å²) in [5.41, 5.74) is 1.79. The highest BCUT2D eigenvalue weighted by Crippen LogP contribution is 2.30. The zero-order valence-corrected chi connectivity index (χ0v) is 15.0. The van der Waals surface area contributed by atoms with Crippen molar-refractivity contribution in [2.45, 2.75) is 19.8 Å². The number of fused-ring (bicyclic) bond motifs is 1. The summed E-state index contributed by atoms with van der Waals surface area (Å²) in [7, 11) is 0. The van der Waals surface area contributed by atoms with E-state index in [1.807, 2.05) is 6.92 Å². The van der Waals surface area contributed by atoms with Gasteiger partial charge in [-0.3, -0.25) is 9.59 Å². The number of nitrogens with one attached hydrogen (secondary N) is 2. The van der Waals surface area contributed by atoms with Crippen LogP contribution in [0.5, 0.6) is 0 Å². The highest BCUT2D eigenvalue weighted by molar-refractivity contribution is 5.98. The largest absolute Gasteiger partial charge is 0.360 e. The van der Waals surface area contributed by atoms with Crippen LogP contribution >= 0.6 is 0 Å². The Hall–Kier alpha value is -2.96. The number of rotatable bonds is 5. The van der Waals surface area contributed by atoms with Crippen molar-refractivity contribution in [3.05, 3.63) is 59.2 Å². The number of benzene rings is 2. The van der Waals surface area contributed by atoms with Crippen molar-refractivity contribution in [1.29, 1.82) is 0 Å². The minimum Gasteiger partial charge on any atom is -0.360 e. The highest BCUT2D eigenvalue weighted by atomic mass is 19.1. The van der Waals surface area contributed by atoms with Gasteiger partial charge in [0.25, 0.3) is 5.91 Å². The molecule has 27 heavy (non-hydrogen) atoms. The molecule has 142 valence electrons. The van der Waals surface area contributed by atoms with E-state index in [2.05, 4.69) is 10.6 Å². The zero-order valence-electron chi connectivity index (χ0n) is 15.0. The summed E-state index contributed by atoms with van der Waals surface area (Å²) in [6, 6.07) is 8.76. The molecule has 7 heteroatoms. The summed E-state index contributed by atoms with van der Waals surface area (Å²) in [5.74, 6) is -1.82. The molecule has 2 aromatic rings. The van der Waals surface area contributed by atoms with E-state index >= 15 is 0 Å². The van der Waals surface area contributed by atoms with Gasteiger partial charge in [-0.2, -0.15) is 0 Å². The first-order valence-corrected chi connectivity index (χ1v) is 8.89. The molecule has 0 radical (unpaired) electrons. The van der Waals surface area contributed by atoms with E-state index in [1.54, 1.807) is 29.2 Å². The number of anilines is 2. The molecule has 2 N–H and O–H groups in total. The van der Waals surface area contributed by atoms with E-state index < -0.39 is 11.6 Å². The monoisotopic (exact) mass is 373 g/mol. The lowest BCUT2D eigenvalue weighted by Gasteiger charge is -2.31. The molecule has 0 saturated carbocycles. The van der Waals surface area contributed by atoms with E-state index in [0.717, 1.165) is 12.5 Å². The molecule has 1 heterocycles. The lowest BCUT2D eigenvalue weighted by atomic mass is 10.0. The van der Waals surface area contributed by atoms with Crippen LogP contribution in [0.3, 0.4) is 0 Å². The molecule has 0 aliphatic carbocycles. The molecule has 1 aliphatic rings. The third-order valence-corrected chi connectivity index (χ3v) is 4.38. The van der Waals surface area contributed by atoms with E-state index in [-0.39, 0.29) is 24.0 Å². The number of carbonyl (C=O) groups is 2. The van der Waals surface area contributed by atoms with Gasteiger partial charge in [0.2, 0.25) is 5.91 Å². The minimum atomic E-state index is -0.657. The second-order valence-electron chi connectivity index (χ2n) is 6.41. The first kappa shape index (κ1) is 18.8. The smallest absolute Gasteiger partial charge is 0.251 e. The van der Waals surface area contributed by atoms with E-state index in [1.165, 1.54) is 6.07 Å². The van der Waals surface area contributed by atoms with Crippen LogP contribution in [0.1, 0.15) is 29.3 Å². The van der Waals surface area contributed by atoms with Crippen molar-refractivity contribution in [3.63, 3.8) is 0 Å². The fourth-order valence-electron chi connectivity index (χ4n) is 3.27. The van der Waals surface area contributed by atoms with E-state index in [4.69, 9.17) is 0 Å². The average Bonchev–Trinajstić information content (AvgIpc) is 2.61. The maximum absolute atomic E-state index is 14.2. The van der Waals surface area contributed by atoms with Crippen molar-refractivity contribution in [3.8, 4) is 0 Å². The second kappa shape index (κ2) is 8.16. The molecular weight excluding hydrogens is 352 g/mol. The first-order chi connectivity index (χ1) is 13.0. The second-order valence-corrected chi connectivity index (χ2v) is 6.41. The Labute approximate surface area is 156 Å². The Bertz CT molecular complexity index is 870.